The maximum atomic E-state index is 5.63. The summed E-state index contributed by atoms with van der Waals surface area (Å²) in [5, 5.41) is 3.30. The maximum Gasteiger partial charge on any atom is 0.225 e. The molecule has 25 heavy (non-hydrogen) atoms. The van der Waals surface area contributed by atoms with Crippen LogP contribution in [0.1, 0.15) is 12.8 Å². The van der Waals surface area contributed by atoms with Gasteiger partial charge < -0.3 is 19.9 Å². The topological polar surface area (TPSA) is 79.3 Å². The van der Waals surface area contributed by atoms with E-state index in [1.165, 1.54) is 0 Å². The molecule has 2 aromatic heterocycles. The summed E-state index contributed by atoms with van der Waals surface area (Å²) in [6.45, 7) is 5.17. The Morgan fingerprint density at radius 3 is 2.60 bits per heavy atom. The van der Waals surface area contributed by atoms with E-state index < -0.39 is 0 Å². The van der Waals surface area contributed by atoms with E-state index in [1.807, 2.05) is 18.3 Å². The van der Waals surface area contributed by atoms with Crippen molar-refractivity contribution in [2.75, 3.05) is 54.4 Å². The van der Waals surface area contributed by atoms with Gasteiger partial charge in [0.25, 0.3) is 0 Å². The quantitative estimate of drug-likeness (QED) is 0.869. The number of rotatable bonds is 5. The lowest BCUT2D eigenvalue weighted by atomic mass is 10.2. The van der Waals surface area contributed by atoms with Crippen LogP contribution in [0, 0.1) is 0 Å². The van der Waals surface area contributed by atoms with Crippen LogP contribution in [0.25, 0.3) is 0 Å². The second kappa shape index (κ2) is 7.60. The van der Waals surface area contributed by atoms with Crippen molar-refractivity contribution in [3.05, 3.63) is 30.7 Å². The van der Waals surface area contributed by atoms with Crippen molar-refractivity contribution < 1.29 is 4.74 Å². The Kier molecular flexibility index (Phi) is 4.87. The van der Waals surface area contributed by atoms with Crippen molar-refractivity contribution in [1.82, 2.24) is 19.9 Å². The first kappa shape index (κ1) is 16.0. The zero-order valence-corrected chi connectivity index (χ0v) is 14.2. The van der Waals surface area contributed by atoms with Gasteiger partial charge in [0.15, 0.2) is 0 Å². The molecule has 2 aromatic rings. The molecule has 1 atom stereocenters. The summed E-state index contributed by atoms with van der Waals surface area (Å²) < 4.78 is 5.63. The molecule has 2 aliphatic heterocycles. The number of hydrogen-bond acceptors (Lipinski definition) is 8. The average molecular weight is 341 g/mol. The lowest BCUT2D eigenvalue weighted by molar-refractivity contribution is 0.120. The SMILES string of the molecule is c1cnc(N2CCN(c3ccnc(NCC4CCCO4)n3)CC2)nc1. The summed E-state index contributed by atoms with van der Waals surface area (Å²) in [5.41, 5.74) is 0. The van der Waals surface area contributed by atoms with Gasteiger partial charge in [0.05, 0.1) is 6.10 Å². The number of nitrogens with zero attached hydrogens (tertiary/aromatic N) is 6. The summed E-state index contributed by atoms with van der Waals surface area (Å²) in [6.07, 6.45) is 7.91. The Labute approximate surface area is 147 Å². The summed E-state index contributed by atoms with van der Waals surface area (Å²) in [4.78, 5) is 22.1. The van der Waals surface area contributed by atoms with Crippen molar-refractivity contribution in [3.8, 4) is 0 Å². The number of anilines is 3. The van der Waals surface area contributed by atoms with Crippen LogP contribution in [0.15, 0.2) is 30.7 Å². The fourth-order valence-corrected chi connectivity index (χ4v) is 3.21. The van der Waals surface area contributed by atoms with Crippen LogP contribution in [0.2, 0.25) is 0 Å². The molecule has 1 N–H and O–H groups in total. The standard InChI is InChI=1S/C17H23N7O/c1-3-14(25-12-1)13-21-16-18-7-4-15(22-16)23-8-10-24(11-9-23)17-19-5-2-6-20-17/h2,4-7,14H,1,3,8-13H2,(H,18,21,22). The molecule has 0 aromatic carbocycles. The van der Waals surface area contributed by atoms with Gasteiger partial charge in [-0.15, -0.1) is 0 Å². The number of aromatic nitrogens is 4. The highest BCUT2D eigenvalue weighted by molar-refractivity contribution is 5.45. The van der Waals surface area contributed by atoms with Gasteiger partial charge in [-0.1, -0.05) is 0 Å². The van der Waals surface area contributed by atoms with Gasteiger partial charge in [-0.05, 0) is 25.0 Å². The van der Waals surface area contributed by atoms with Gasteiger partial charge in [-0.3, -0.25) is 0 Å². The third kappa shape index (κ3) is 3.96. The van der Waals surface area contributed by atoms with Gasteiger partial charge >= 0.3 is 0 Å². The van der Waals surface area contributed by atoms with E-state index in [0.717, 1.165) is 63.9 Å². The van der Waals surface area contributed by atoms with E-state index in [1.54, 1.807) is 12.4 Å². The molecule has 4 rings (SSSR count). The molecule has 132 valence electrons. The predicted molar refractivity (Wildman–Crippen MR) is 96.0 cm³/mol. The third-order valence-electron chi connectivity index (χ3n) is 4.59. The molecule has 0 spiro atoms. The number of ether oxygens (including phenoxy) is 1. The largest absolute Gasteiger partial charge is 0.376 e. The number of hydrogen-bond donors (Lipinski definition) is 1. The second-order valence-corrected chi connectivity index (χ2v) is 6.28. The van der Waals surface area contributed by atoms with E-state index in [-0.39, 0.29) is 6.10 Å². The van der Waals surface area contributed by atoms with Crippen molar-refractivity contribution in [2.24, 2.45) is 0 Å². The zero-order valence-electron chi connectivity index (χ0n) is 14.2. The van der Waals surface area contributed by atoms with Crippen LogP contribution in [0.4, 0.5) is 17.7 Å². The minimum Gasteiger partial charge on any atom is -0.376 e. The first-order valence-electron chi connectivity index (χ1n) is 8.84. The molecule has 0 aliphatic carbocycles. The molecular weight excluding hydrogens is 318 g/mol. The molecule has 1 unspecified atom stereocenters. The van der Waals surface area contributed by atoms with Gasteiger partial charge in [0.2, 0.25) is 11.9 Å². The highest BCUT2D eigenvalue weighted by Crippen LogP contribution is 2.17. The van der Waals surface area contributed by atoms with Crippen LogP contribution < -0.4 is 15.1 Å². The van der Waals surface area contributed by atoms with Crippen LogP contribution in [0.3, 0.4) is 0 Å². The first-order chi connectivity index (χ1) is 12.4. The van der Waals surface area contributed by atoms with Crippen LogP contribution in [-0.2, 0) is 4.74 Å². The fraction of sp³-hybridized carbons (Fsp3) is 0.529. The summed E-state index contributed by atoms with van der Waals surface area (Å²) >= 11 is 0. The van der Waals surface area contributed by atoms with Crippen molar-refractivity contribution in [3.63, 3.8) is 0 Å². The van der Waals surface area contributed by atoms with E-state index in [0.29, 0.717) is 5.95 Å². The zero-order chi connectivity index (χ0) is 16.9. The van der Waals surface area contributed by atoms with Crippen LogP contribution >= 0.6 is 0 Å². The second-order valence-electron chi connectivity index (χ2n) is 6.28. The molecule has 0 amide bonds. The monoisotopic (exact) mass is 341 g/mol. The Morgan fingerprint density at radius 1 is 1.04 bits per heavy atom. The number of piperazine rings is 1. The molecule has 0 bridgehead atoms. The molecule has 2 saturated heterocycles. The first-order valence-corrected chi connectivity index (χ1v) is 8.84. The lowest BCUT2D eigenvalue weighted by Gasteiger charge is -2.35. The summed E-state index contributed by atoms with van der Waals surface area (Å²) in [5.74, 6) is 2.42. The van der Waals surface area contributed by atoms with Crippen molar-refractivity contribution in [2.45, 2.75) is 18.9 Å². The minimum absolute atomic E-state index is 0.279. The minimum atomic E-state index is 0.279. The van der Waals surface area contributed by atoms with Gasteiger partial charge in [0, 0.05) is 57.9 Å². The van der Waals surface area contributed by atoms with Crippen molar-refractivity contribution >= 4 is 17.7 Å². The Bertz CT molecular complexity index is 670. The molecule has 0 radical (unpaired) electrons. The van der Waals surface area contributed by atoms with Crippen molar-refractivity contribution in [1.29, 1.82) is 0 Å². The van der Waals surface area contributed by atoms with Gasteiger partial charge in [0.1, 0.15) is 5.82 Å². The maximum absolute atomic E-state index is 5.63. The number of nitrogens with one attached hydrogen (secondary N) is 1. The molecular formula is C17H23N7O. The average Bonchev–Trinajstić information content (AvgIpc) is 3.21. The molecule has 0 saturated carbocycles. The predicted octanol–water partition coefficient (Wildman–Crippen LogP) is 1.18. The molecule has 4 heterocycles. The van der Waals surface area contributed by atoms with Gasteiger partial charge in [-0.2, -0.15) is 4.98 Å². The van der Waals surface area contributed by atoms with Gasteiger partial charge in [-0.25, -0.2) is 15.0 Å². The van der Waals surface area contributed by atoms with E-state index in [4.69, 9.17) is 4.74 Å². The lowest BCUT2D eigenvalue weighted by Crippen LogP contribution is -2.47. The highest BCUT2D eigenvalue weighted by Gasteiger charge is 2.20. The highest BCUT2D eigenvalue weighted by atomic mass is 16.5. The van der Waals surface area contributed by atoms with E-state index >= 15 is 0 Å². The normalized spacial score (nSPS) is 20.7. The van der Waals surface area contributed by atoms with Crippen LogP contribution in [0.5, 0.6) is 0 Å². The fourth-order valence-electron chi connectivity index (χ4n) is 3.21. The van der Waals surface area contributed by atoms with E-state index in [2.05, 4.69) is 35.1 Å². The molecule has 2 fully saturated rings. The van der Waals surface area contributed by atoms with E-state index in [9.17, 15) is 0 Å². The Morgan fingerprint density at radius 2 is 1.84 bits per heavy atom. The molecule has 8 heteroatoms. The third-order valence-corrected chi connectivity index (χ3v) is 4.59. The Hall–Kier alpha value is -2.48. The van der Waals surface area contributed by atoms with Crippen LogP contribution in [-0.4, -0.2) is 65.4 Å². The smallest absolute Gasteiger partial charge is 0.225 e. The summed E-state index contributed by atoms with van der Waals surface area (Å²) in [7, 11) is 0. The molecule has 2 aliphatic rings. The molecule has 8 nitrogen and oxygen atoms in total. The summed E-state index contributed by atoms with van der Waals surface area (Å²) in [6, 6.07) is 3.80. The Balaban J connectivity index is 1.34.